The second-order valence-electron chi connectivity index (χ2n) is 6.26. The van der Waals surface area contributed by atoms with Crippen LogP contribution in [0.25, 0.3) is 0 Å². The van der Waals surface area contributed by atoms with Gasteiger partial charge in [0.1, 0.15) is 9.79 Å². The van der Waals surface area contributed by atoms with Gasteiger partial charge in [-0.15, -0.1) is 0 Å². The summed E-state index contributed by atoms with van der Waals surface area (Å²) in [4.78, 5) is -0.450. The molecule has 1 unspecified atom stereocenters. The minimum absolute atomic E-state index is 0.122. The van der Waals surface area contributed by atoms with Crippen molar-refractivity contribution >= 4 is 20.0 Å². The van der Waals surface area contributed by atoms with Gasteiger partial charge in [0, 0.05) is 33.7 Å². The highest BCUT2D eigenvalue weighted by molar-refractivity contribution is 7.92. The fraction of sp³-hybridized carbons (Fsp3) is 0.600. The molecule has 24 heavy (non-hydrogen) atoms. The van der Waals surface area contributed by atoms with E-state index in [1.54, 1.807) is 0 Å². The highest BCUT2D eigenvalue weighted by Gasteiger charge is 2.30. The van der Waals surface area contributed by atoms with Gasteiger partial charge in [0.15, 0.2) is 0 Å². The van der Waals surface area contributed by atoms with Crippen molar-refractivity contribution in [3.05, 3.63) is 24.3 Å². The lowest BCUT2D eigenvalue weighted by molar-refractivity contribution is 0.396. The van der Waals surface area contributed by atoms with E-state index in [-0.39, 0.29) is 28.3 Å². The molecule has 0 heterocycles. The molecule has 2 N–H and O–H groups in total. The Morgan fingerprint density at radius 3 is 1.83 bits per heavy atom. The number of rotatable bonds is 8. The van der Waals surface area contributed by atoms with Gasteiger partial charge in [-0.1, -0.05) is 26.0 Å². The average Bonchev–Trinajstić information content (AvgIpc) is 2.51. The van der Waals surface area contributed by atoms with E-state index >= 15 is 0 Å². The van der Waals surface area contributed by atoms with Gasteiger partial charge in [-0.2, -0.15) is 0 Å². The van der Waals surface area contributed by atoms with E-state index in [4.69, 9.17) is 5.73 Å². The molecule has 7 nitrogen and oxygen atoms in total. The summed E-state index contributed by atoms with van der Waals surface area (Å²) in [5, 5.41) is 0. The van der Waals surface area contributed by atoms with E-state index in [1.165, 1.54) is 45.4 Å². The van der Waals surface area contributed by atoms with E-state index in [1.807, 2.05) is 13.8 Å². The van der Waals surface area contributed by atoms with Crippen molar-refractivity contribution in [3.8, 4) is 0 Å². The second kappa shape index (κ2) is 7.92. The molecule has 1 atom stereocenters. The van der Waals surface area contributed by atoms with Crippen LogP contribution in [0.5, 0.6) is 0 Å². The first-order valence-electron chi connectivity index (χ1n) is 7.65. The Bertz CT molecular complexity index is 759. The molecule has 9 heteroatoms. The minimum atomic E-state index is -3.94. The van der Waals surface area contributed by atoms with Gasteiger partial charge >= 0.3 is 0 Å². The van der Waals surface area contributed by atoms with Crippen LogP contribution in [-0.4, -0.2) is 59.2 Å². The van der Waals surface area contributed by atoms with E-state index in [9.17, 15) is 16.8 Å². The predicted octanol–water partition coefficient (Wildman–Crippen LogP) is 0.931. The lowest BCUT2D eigenvalue weighted by Crippen LogP contribution is -2.35. The maximum absolute atomic E-state index is 12.8. The van der Waals surface area contributed by atoms with Crippen molar-refractivity contribution in [2.24, 2.45) is 11.7 Å². The summed E-state index contributed by atoms with van der Waals surface area (Å²) in [6.07, 6.45) is 0.496. The van der Waals surface area contributed by atoms with Gasteiger partial charge in [-0.3, -0.25) is 0 Å². The minimum Gasteiger partial charge on any atom is -0.327 e. The Hall–Kier alpha value is -1.00. The molecule has 0 fully saturated rings. The van der Waals surface area contributed by atoms with Crippen molar-refractivity contribution in [2.75, 3.05) is 27.7 Å². The Morgan fingerprint density at radius 2 is 1.42 bits per heavy atom. The van der Waals surface area contributed by atoms with Crippen molar-refractivity contribution in [1.82, 2.24) is 8.61 Å². The van der Waals surface area contributed by atoms with Crippen molar-refractivity contribution in [1.29, 1.82) is 0 Å². The lowest BCUT2D eigenvalue weighted by Gasteiger charge is -2.23. The molecule has 0 aliphatic rings. The van der Waals surface area contributed by atoms with Crippen LogP contribution in [0.3, 0.4) is 0 Å². The molecule has 0 spiro atoms. The fourth-order valence-electron chi connectivity index (χ4n) is 2.03. The van der Waals surface area contributed by atoms with Gasteiger partial charge in [0.2, 0.25) is 20.0 Å². The van der Waals surface area contributed by atoms with Crippen molar-refractivity contribution in [2.45, 2.75) is 36.1 Å². The van der Waals surface area contributed by atoms with E-state index in [2.05, 4.69) is 0 Å². The average molecular weight is 378 g/mol. The zero-order valence-corrected chi connectivity index (χ0v) is 16.4. The van der Waals surface area contributed by atoms with Crippen LogP contribution < -0.4 is 5.73 Å². The number of hydrogen-bond donors (Lipinski definition) is 1. The van der Waals surface area contributed by atoms with E-state index < -0.39 is 20.0 Å². The van der Waals surface area contributed by atoms with Gasteiger partial charge in [0.25, 0.3) is 0 Å². The first-order valence-corrected chi connectivity index (χ1v) is 10.5. The predicted molar refractivity (Wildman–Crippen MR) is 94.6 cm³/mol. The molecule has 1 rings (SSSR count). The summed E-state index contributed by atoms with van der Waals surface area (Å²) in [5.74, 6) is 0.238. The largest absolute Gasteiger partial charge is 0.327 e. The van der Waals surface area contributed by atoms with Gasteiger partial charge < -0.3 is 5.73 Å². The fourth-order valence-corrected chi connectivity index (χ4v) is 4.88. The lowest BCUT2D eigenvalue weighted by atomic mass is 10.0. The molecule has 138 valence electrons. The van der Waals surface area contributed by atoms with Gasteiger partial charge in [0.05, 0.1) is 0 Å². The van der Waals surface area contributed by atoms with Crippen molar-refractivity contribution in [3.63, 3.8) is 0 Å². The Kier molecular flexibility index (Phi) is 6.94. The molecule has 0 saturated carbocycles. The second-order valence-corrected chi connectivity index (χ2v) is 10.4. The molecule has 0 radical (unpaired) electrons. The third kappa shape index (κ3) is 4.54. The quantitative estimate of drug-likeness (QED) is 0.726. The Balaban J connectivity index is 3.21. The first-order chi connectivity index (χ1) is 10.9. The Morgan fingerprint density at radius 1 is 0.958 bits per heavy atom. The molecule has 0 aliphatic heterocycles. The molecule has 1 aromatic carbocycles. The molecule has 0 amide bonds. The molecular formula is C15H27N3O4S2. The number of nitrogens with zero attached hydrogens (tertiary/aromatic N) is 2. The standard InChI is InChI=1S/C15H27N3O4S2/c1-12(2)13(16)10-11-18(5)24(21,22)15-9-7-6-8-14(15)23(19,20)17(3)4/h6-9,12-13H,10-11,16H2,1-5H3. The third-order valence-corrected chi connectivity index (χ3v) is 7.85. The van der Waals surface area contributed by atoms with Crippen LogP contribution in [0.4, 0.5) is 0 Å². The molecule has 0 aliphatic carbocycles. The van der Waals surface area contributed by atoms with E-state index in [0.29, 0.717) is 6.42 Å². The first kappa shape index (κ1) is 21.0. The number of sulfonamides is 2. The summed E-state index contributed by atoms with van der Waals surface area (Å²) < 4.78 is 52.6. The maximum atomic E-state index is 12.8. The van der Waals surface area contributed by atoms with Crippen LogP contribution in [0.1, 0.15) is 20.3 Å². The molecular weight excluding hydrogens is 350 g/mol. The van der Waals surface area contributed by atoms with Gasteiger partial charge in [-0.05, 0) is 24.5 Å². The van der Waals surface area contributed by atoms with Crippen molar-refractivity contribution < 1.29 is 16.8 Å². The third-order valence-electron chi connectivity index (χ3n) is 3.93. The maximum Gasteiger partial charge on any atom is 0.244 e. The van der Waals surface area contributed by atoms with E-state index in [0.717, 1.165) is 8.61 Å². The summed E-state index contributed by atoms with van der Waals surface area (Å²) >= 11 is 0. The summed E-state index contributed by atoms with van der Waals surface area (Å²) in [5.41, 5.74) is 5.96. The summed E-state index contributed by atoms with van der Waals surface area (Å²) in [6.45, 7) is 4.16. The zero-order chi connectivity index (χ0) is 18.7. The highest BCUT2D eigenvalue weighted by Crippen LogP contribution is 2.25. The zero-order valence-electron chi connectivity index (χ0n) is 14.8. The molecule has 1 aromatic rings. The number of hydrogen-bond acceptors (Lipinski definition) is 5. The van der Waals surface area contributed by atoms with Crippen LogP contribution >= 0.6 is 0 Å². The topological polar surface area (TPSA) is 101 Å². The molecule has 0 bridgehead atoms. The van der Waals surface area contributed by atoms with Crippen LogP contribution in [0, 0.1) is 5.92 Å². The summed E-state index contributed by atoms with van der Waals surface area (Å²) in [7, 11) is -3.64. The number of nitrogens with two attached hydrogens (primary N) is 1. The molecule has 0 aromatic heterocycles. The number of benzene rings is 1. The smallest absolute Gasteiger partial charge is 0.244 e. The van der Waals surface area contributed by atoms with Crippen LogP contribution in [-0.2, 0) is 20.0 Å². The normalized spacial score (nSPS) is 14.5. The van der Waals surface area contributed by atoms with Crippen LogP contribution in [0.15, 0.2) is 34.1 Å². The summed E-state index contributed by atoms with van der Waals surface area (Å²) in [6, 6.07) is 5.50. The highest BCUT2D eigenvalue weighted by atomic mass is 32.2. The monoisotopic (exact) mass is 377 g/mol. The van der Waals surface area contributed by atoms with Crippen LogP contribution in [0.2, 0.25) is 0 Å². The van der Waals surface area contributed by atoms with Gasteiger partial charge in [-0.25, -0.2) is 25.4 Å². The molecule has 0 saturated heterocycles. The Labute approximate surface area is 145 Å². The SMILES string of the molecule is CC(C)C(N)CCN(C)S(=O)(=O)c1ccccc1S(=O)(=O)N(C)C.